The molecule has 9 heteroatoms. The fraction of sp³-hybridized carbons (Fsp3) is 0.0833. The number of para-hydroxylation sites is 1. The maximum atomic E-state index is 13.5. The fourth-order valence-electron chi connectivity index (χ4n) is 4.16. The Kier molecular flexibility index (Phi) is 5.18. The maximum Gasteiger partial charge on any atom is 0.277 e. The smallest absolute Gasteiger partial charge is 0.277 e. The zero-order valence-corrected chi connectivity index (χ0v) is 18.9. The third kappa shape index (κ3) is 3.46. The Morgan fingerprint density at radius 2 is 1.76 bits per heavy atom. The summed E-state index contributed by atoms with van der Waals surface area (Å²) in [7, 11) is 1.58. The van der Waals surface area contributed by atoms with Gasteiger partial charge in [0, 0.05) is 27.4 Å². The van der Waals surface area contributed by atoms with E-state index in [4.69, 9.17) is 4.74 Å². The van der Waals surface area contributed by atoms with Gasteiger partial charge in [-0.3, -0.25) is 24.9 Å². The van der Waals surface area contributed by atoms with Crippen molar-refractivity contribution in [3.8, 4) is 17.0 Å². The Balaban J connectivity index is 1.74. The van der Waals surface area contributed by atoms with E-state index in [0.29, 0.717) is 34.0 Å². The number of rotatable bonds is 5. The van der Waals surface area contributed by atoms with E-state index in [9.17, 15) is 14.9 Å². The topological polar surface area (TPSA) is 101 Å². The first-order valence-electron chi connectivity index (χ1n) is 10.0. The van der Waals surface area contributed by atoms with Crippen molar-refractivity contribution in [3.63, 3.8) is 0 Å². The van der Waals surface area contributed by atoms with E-state index in [-0.39, 0.29) is 11.6 Å². The third-order valence-corrected chi connectivity index (χ3v) is 6.19. The number of ether oxygens (including phenoxy) is 1. The first-order chi connectivity index (χ1) is 16.0. The fourth-order valence-corrected chi connectivity index (χ4v) is 4.43. The summed E-state index contributed by atoms with van der Waals surface area (Å²) in [5.41, 5.74) is 3.21. The van der Waals surface area contributed by atoms with Gasteiger partial charge in [0.2, 0.25) is 0 Å². The summed E-state index contributed by atoms with van der Waals surface area (Å²) in [5.74, 6) is 0.386. The lowest BCUT2D eigenvalue weighted by atomic mass is 9.94. The van der Waals surface area contributed by atoms with Gasteiger partial charge in [-0.05, 0) is 54.6 Å². The van der Waals surface area contributed by atoms with E-state index in [2.05, 4.69) is 26.1 Å². The minimum atomic E-state index is -0.730. The molecule has 1 amide bonds. The average molecular weight is 505 g/mol. The first kappa shape index (κ1) is 20.9. The van der Waals surface area contributed by atoms with Crippen molar-refractivity contribution in [1.29, 1.82) is 0 Å². The molecule has 3 aromatic carbocycles. The van der Waals surface area contributed by atoms with E-state index in [1.165, 1.54) is 6.07 Å². The number of nitrogens with one attached hydrogen (secondary N) is 1. The molecule has 1 aliphatic rings. The molecule has 164 valence electrons. The van der Waals surface area contributed by atoms with Gasteiger partial charge in [0.1, 0.15) is 11.4 Å². The highest BCUT2D eigenvalue weighted by atomic mass is 79.9. The molecule has 0 spiro atoms. The Morgan fingerprint density at radius 3 is 2.42 bits per heavy atom. The summed E-state index contributed by atoms with van der Waals surface area (Å²) in [6, 6.07) is 20.3. The minimum Gasteiger partial charge on any atom is -0.497 e. The van der Waals surface area contributed by atoms with Gasteiger partial charge < -0.3 is 4.74 Å². The van der Waals surface area contributed by atoms with E-state index in [0.717, 1.165) is 10.0 Å². The molecule has 8 nitrogen and oxygen atoms in total. The number of nitro groups is 1. The van der Waals surface area contributed by atoms with E-state index in [1.54, 1.807) is 54.5 Å². The van der Waals surface area contributed by atoms with Gasteiger partial charge in [0.25, 0.3) is 11.6 Å². The number of aromatic amines is 1. The molecule has 33 heavy (non-hydrogen) atoms. The Hall–Kier alpha value is -3.98. The average Bonchev–Trinajstić information content (AvgIpc) is 3.39. The number of carbonyl (C=O) groups is 1. The number of hydrogen-bond donors (Lipinski definition) is 1. The highest BCUT2D eigenvalue weighted by molar-refractivity contribution is 9.10. The van der Waals surface area contributed by atoms with Crippen LogP contribution in [0.5, 0.6) is 5.75 Å². The molecule has 0 bridgehead atoms. The molecule has 1 atom stereocenters. The van der Waals surface area contributed by atoms with Crippen molar-refractivity contribution in [2.24, 2.45) is 0 Å². The Morgan fingerprint density at radius 1 is 1.06 bits per heavy atom. The van der Waals surface area contributed by atoms with Gasteiger partial charge in [-0.1, -0.05) is 28.1 Å². The van der Waals surface area contributed by atoms with Crippen LogP contribution in [0.3, 0.4) is 0 Å². The summed E-state index contributed by atoms with van der Waals surface area (Å²) in [5, 5.41) is 19.2. The van der Waals surface area contributed by atoms with Crippen LogP contribution in [0.25, 0.3) is 11.3 Å². The summed E-state index contributed by atoms with van der Waals surface area (Å²) >= 11 is 3.42. The molecule has 0 radical (unpaired) electrons. The number of nitro benzene ring substituents is 1. The number of aromatic nitrogens is 2. The second kappa shape index (κ2) is 8.18. The molecule has 0 saturated heterocycles. The number of methoxy groups -OCH3 is 1. The number of anilines is 1. The summed E-state index contributed by atoms with van der Waals surface area (Å²) < 4.78 is 6.10. The molecular weight excluding hydrogens is 488 g/mol. The molecule has 0 unspecified atom stereocenters. The van der Waals surface area contributed by atoms with E-state index >= 15 is 0 Å². The van der Waals surface area contributed by atoms with Crippen molar-refractivity contribution in [1.82, 2.24) is 10.2 Å². The summed E-state index contributed by atoms with van der Waals surface area (Å²) in [6.07, 6.45) is 0. The molecule has 0 saturated carbocycles. The van der Waals surface area contributed by atoms with Crippen LogP contribution in [0.4, 0.5) is 11.4 Å². The number of nitrogens with zero attached hydrogens (tertiary/aromatic N) is 3. The normalized spacial score (nSPS) is 14.9. The number of amides is 1. The third-order valence-electron chi connectivity index (χ3n) is 5.66. The molecule has 0 fully saturated rings. The second-order valence-corrected chi connectivity index (χ2v) is 8.38. The van der Waals surface area contributed by atoms with Crippen molar-refractivity contribution in [2.75, 3.05) is 12.0 Å². The molecule has 4 aromatic rings. The largest absolute Gasteiger partial charge is 0.497 e. The number of fused-ring (bicyclic) bond motifs is 1. The molecular formula is C24H17BrN4O4. The van der Waals surface area contributed by atoms with Crippen molar-refractivity contribution in [2.45, 2.75) is 6.04 Å². The van der Waals surface area contributed by atoms with Crippen molar-refractivity contribution in [3.05, 3.63) is 104 Å². The van der Waals surface area contributed by atoms with Crippen LogP contribution in [0.2, 0.25) is 0 Å². The lowest BCUT2D eigenvalue weighted by Gasteiger charge is -2.26. The van der Waals surface area contributed by atoms with Gasteiger partial charge in [-0.2, -0.15) is 5.10 Å². The lowest BCUT2D eigenvalue weighted by Crippen LogP contribution is -2.29. The molecule has 0 aliphatic carbocycles. The molecule has 1 aromatic heterocycles. The minimum absolute atomic E-state index is 0.0628. The Labute approximate surface area is 197 Å². The number of benzene rings is 3. The molecule has 2 heterocycles. The van der Waals surface area contributed by atoms with E-state index < -0.39 is 11.0 Å². The highest BCUT2D eigenvalue weighted by Gasteiger charge is 2.45. The number of halogens is 1. The van der Waals surface area contributed by atoms with Crippen LogP contribution in [-0.4, -0.2) is 28.1 Å². The van der Waals surface area contributed by atoms with Crippen molar-refractivity contribution >= 4 is 33.2 Å². The van der Waals surface area contributed by atoms with Crippen LogP contribution in [0.1, 0.15) is 27.7 Å². The monoisotopic (exact) mass is 504 g/mol. The SMILES string of the molecule is COc1ccc(-c2n[nH]c3c2[C@@H](c2ccccc2[N+](=O)[O-])N(c2ccc(Br)cc2)C3=O)cc1. The van der Waals surface area contributed by atoms with Crippen LogP contribution >= 0.6 is 15.9 Å². The standard InChI is InChI=1S/C24H17BrN4O4/c1-33-17-12-6-14(7-13-17)21-20-22(27-26-21)24(30)28(16-10-8-15(25)9-11-16)23(20)18-4-2-3-5-19(18)29(31)32/h2-13,23H,1H3,(H,26,27)/t23-/m1/s1. The zero-order valence-electron chi connectivity index (χ0n) is 17.4. The highest BCUT2D eigenvalue weighted by Crippen LogP contribution is 2.47. The number of carbonyl (C=O) groups excluding carboxylic acids is 1. The van der Waals surface area contributed by atoms with Crippen LogP contribution in [0.15, 0.2) is 77.3 Å². The number of H-pyrrole nitrogens is 1. The quantitative estimate of drug-likeness (QED) is 0.285. The van der Waals surface area contributed by atoms with Gasteiger partial charge in [0.15, 0.2) is 0 Å². The predicted molar refractivity (Wildman–Crippen MR) is 126 cm³/mol. The van der Waals surface area contributed by atoms with Crippen LogP contribution < -0.4 is 9.64 Å². The molecule has 1 aliphatic heterocycles. The van der Waals surface area contributed by atoms with Gasteiger partial charge in [-0.15, -0.1) is 0 Å². The zero-order chi connectivity index (χ0) is 23.1. The van der Waals surface area contributed by atoms with Gasteiger partial charge >= 0.3 is 0 Å². The number of hydrogen-bond acceptors (Lipinski definition) is 5. The molecule has 5 rings (SSSR count). The van der Waals surface area contributed by atoms with Crippen LogP contribution in [-0.2, 0) is 0 Å². The predicted octanol–water partition coefficient (Wildman–Crippen LogP) is 5.51. The molecule has 1 N–H and O–H groups in total. The van der Waals surface area contributed by atoms with E-state index in [1.807, 2.05) is 24.3 Å². The van der Waals surface area contributed by atoms with Crippen LogP contribution in [0, 0.1) is 10.1 Å². The van der Waals surface area contributed by atoms with Gasteiger partial charge in [0.05, 0.1) is 29.3 Å². The summed E-state index contributed by atoms with van der Waals surface area (Å²) in [4.78, 5) is 26.6. The lowest BCUT2D eigenvalue weighted by molar-refractivity contribution is -0.385. The Bertz CT molecular complexity index is 1370. The van der Waals surface area contributed by atoms with Gasteiger partial charge in [-0.25, -0.2) is 0 Å². The van der Waals surface area contributed by atoms with Crippen molar-refractivity contribution < 1.29 is 14.5 Å². The maximum absolute atomic E-state index is 13.5. The first-order valence-corrected chi connectivity index (χ1v) is 10.8. The second-order valence-electron chi connectivity index (χ2n) is 7.46. The summed E-state index contributed by atoms with van der Waals surface area (Å²) in [6.45, 7) is 0.